The van der Waals surface area contributed by atoms with Gasteiger partial charge in [0.2, 0.25) is 0 Å². The summed E-state index contributed by atoms with van der Waals surface area (Å²) in [7, 11) is 0. The average molecular weight is 212 g/mol. The maximum atomic E-state index is 8.50. The highest BCUT2D eigenvalue weighted by Gasteiger charge is 2.26. The van der Waals surface area contributed by atoms with E-state index in [1.165, 1.54) is 0 Å². The van der Waals surface area contributed by atoms with Crippen molar-refractivity contribution in [1.29, 1.82) is 5.41 Å². The van der Waals surface area contributed by atoms with Crippen LogP contribution in [0.2, 0.25) is 0 Å². The molecule has 6 nitrogen and oxygen atoms in total. The Labute approximate surface area is 81.9 Å². The minimum absolute atomic E-state index is 0.139. The van der Waals surface area contributed by atoms with Crippen LogP contribution in [0, 0.1) is 10.8 Å². The lowest BCUT2D eigenvalue weighted by Crippen LogP contribution is -2.37. The van der Waals surface area contributed by atoms with E-state index in [9.17, 15) is 0 Å². The number of amidine groups is 1. The van der Waals surface area contributed by atoms with Gasteiger partial charge in [0.05, 0.1) is 31.8 Å². The summed E-state index contributed by atoms with van der Waals surface area (Å²) in [5.74, 6) is 0. The third-order valence-electron chi connectivity index (χ3n) is 1.34. The van der Waals surface area contributed by atoms with Gasteiger partial charge < -0.3 is 26.2 Å². The van der Waals surface area contributed by atoms with Crippen LogP contribution in [0.1, 0.15) is 0 Å². The Kier molecular flexibility index (Phi) is 9.63. The van der Waals surface area contributed by atoms with Gasteiger partial charge in [-0.1, -0.05) is 0 Å². The van der Waals surface area contributed by atoms with E-state index >= 15 is 0 Å². The van der Waals surface area contributed by atoms with Crippen LogP contribution >= 0.6 is 12.6 Å². The summed E-state index contributed by atoms with van der Waals surface area (Å²) >= 11 is 3.33. The fraction of sp³-hybridized carbons (Fsp3) is 0.833. The maximum Gasteiger partial charge on any atom is 0.147 e. The predicted octanol–water partition coefficient (Wildman–Crippen LogP) is -2.25. The number of hydrogen-bond acceptors (Lipinski definition) is 5. The number of thiol groups is 1. The van der Waals surface area contributed by atoms with Crippen LogP contribution in [-0.2, 0) is 0 Å². The van der Waals surface area contributed by atoms with Gasteiger partial charge in [0.25, 0.3) is 0 Å². The van der Waals surface area contributed by atoms with E-state index in [0.717, 1.165) is 0 Å². The van der Waals surface area contributed by atoms with E-state index in [0.29, 0.717) is 0 Å². The van der Waals surface area contributed by atoms with Crippen LogP contribution in [0.5, 0.6) is 0 Å². The van der Waals surface area contributed by atoms with Crippen molar-refractivity contribution in [2.75, 3.05) is 26.4 Å². The van der Waals surface area contributed by atoms with Gasteiger partial charge in [0, 0.05) is 0 Å². The van der Waals surface area contributed by atoms with Crippen molar-refractivity contribution in [1.82, 2.24) is 0 Å². The molecule has 0 saturated heterocycles. The second kappa shape index (κ2) is 8.27. The van der Waals surface area contributed by atoms with E-state index in [1.807, 2.05) is 0 Å². The normalized spacial score (nSPS) is 10.2. The fourth-order valence-electron chi connectivity index (χ4n) is 0.300. The molecule has 0 aliphatic heterocycles. The predicted molar refractivity (Wildman–Crippen MR) is 51.7 cm³/mol. The molecule has 0 aliphatic rings. The monoisotopic (exact) mass is 212 g/mol. The lowest BCUT2D eigenvalue weighted by molar-refractivity contribution is -0.0328. The summed E-state index contributed by atoms with van der Waals surface area (Å²) in [6, 6.07) is 0. The first kappa shape index (κ1) is 15.1. The van der Waals surface area contributed by atoms with Crippen molar-refractivity contribution in [3.8, 4) is 0 Å². The number of nitrogens with one attached hydrogen (secondary N) is 1. The Bertz CT molecular complexity index is 119. The molecule has 13 heavy (non-hydrogen) atoms. The molecule has 0 fully saturated rings. The first-order chi connectivity index (χ1) is 5.97. The van der Waals surface area contributed by atoms with Crippen molar-refractivity contribution in [3.05, 3.63) is 0 Å². The molecule has 0 aromatic carbocycles. The third kappa shape index (κ3) is 8.00. The van der Waals surface area contributed by atoms with Gasteiger partial charge in [0.1, 0.15) is 5.17 Å². The Hall–Kier alpha value is -0.340. The molecule has 0 spiro atoms. The fourth-order valence-corrected chi connectivity index (χ4v) is 0.300. The van der Waals surface area contributed by atoms with E-state index in [1.54, 1.807) is 0 Å². The molecule has 0 aromatic heterocycles. The molecule has 80 valence electrons. The van der Waals surface area contributed by atoms with Crippen LogP contribution in [0.15, 0.2) is 0 Å². The Balaban J connectivity index is 0. The van der Waals surface area contributed by atoms with Gasteiger partial charge in [-0.2, -0.15) is 0 Å². The number of nitrogens with two attached hydrogens (primary N) is 1. The Morgan fingerprint density at radius 1 is 1.08 bits per heavy atom. The standard InChI is InChI=1S/C5H12O4.CH4N2S/c6-1-5(2-7,3-8)4-9;2-1(3)4/h6-9H,1-4H2;(H4,2,3,4). The van der Waals surface area contributed by atoms with Crippen LogP contribution in [0.25, 0.3) is 0 Å². The summed E-state index contributed by atoms with van der Waals surface area (Å²) in [5, 5.41) is 40.0. The SMILES string of the molecule is N=C(N)S.OCC(CO)(CO)CO. The molecule has 0 aromatic rings. The van der Waals surface area contributed by atoms with E-state index in [-0.39, 0.29) is 5.17 Å². The van der Waals surface area contributed by atoms with Crippen molar-refractivity contribution in [3.63, 3.8) is 0 Å². The molecule has 0 heterocycles. The Morgan fingerprint density at radius 2 is 1.23 bits per heavy atom. The second-order valence-electron chi connectivity index (χ2n) is 2.52. The molecular weight excluding hydrogens is 196 g/mol. The largest absolute Gasteiger partial charge is 0.396 e. The summed E-state index contributed by atoms with van der Waals surface area (Å²) in [4.78, 5) is 0. The average Bonchev–Trinajstić information content (AvgIpc) is 2.09. The van der Waals surface area contributed by atoms with E-state index in [4.69, 9.17) is 25.8 Å². The number of hydrogen-bond donors (Lipinski definition) is 7. The van der Waals surface area contributed by atoms with Gasteiger partial charge in [0.15, 0.2) is 0 Å². The minimum Gasteiger partial charge on any atom is -0.396 e. The first-order valence-electron chi connectivity index (χ1n) is 3.44. The zero-order valence-electron chi connectivity index (χ0n) is 7.14. The van der Waals surface area contributed by atoms with Crippen molar-refractivity contribution >= 4 is 17.8 Å². The van der Waals surface area contributed by atoms with Crippen molar-refractivity contribution in [2.45, 2.75) is 0 Å². The zero-order valence-corrected chi connectivity index (χ0v) is 8.04. The van der Waals surface area contributed by atoms with Crippen molar-refractivity contribution in [2.24, 2.45) is 11.1 Å². The van der Waals surface area contributed by atoms with Gasteiger partial charge in [-0.05, 0) is 0 Å². The first-order valence-corrected chi connectivity index (χ1v) is 3.89. The van der Waals surface area contributed by atoms with Crippen LogP contribution in [0.4, 0.5) is 0 Å². The van der Waals surface area contributed by atoms with Crippen LogP contribution in [0.3, 0.4) is 0 Å². The Morgan fingerprint density at radius 3 is 1.23 bits per heavy atom. The molecule has 0 atom stereocenters. The summed E-state index contributed by atoms with van der Waals surface area (Å²) in [6.07, 6.45) is 0. The highest BCUT2D eigenvalue weighted by Crippen LogP contribution is 2.11. The molecule has 7 N–H and O–H groups in total. The molecule has 0 bridgehead atoms. The van der Waals surface area contributed by atoms with Crippen molar-refractivity contribution < 1.29 is 20.4 Å². The van der Waals surface area contributed by atoms with Crippen LogP contribution < -0.4 is 5.73 Å². The minimum atomic E-state index is -1.11. The molecule has 0 radical (unpaired) electrons. The molecule has 0 rings (SSSR count). The van der Waals surface area contributed by atoms with Gasteiger partial charge in [-0.3, -0.25) is 5.41 Å². The highest BCUT2D eigenvalue weighted by atomic mass is 32.1. The molecule has 0 aliphatic carbocycles. The zero-order chi connectivity index (χ0) is 10.9. The van der Waals surface area contributed by atoms with E-state index in [2.05, 4.69) is 18.4 Å². The molecule has 0 amide bonds. The van der Waals surface area contributed by atoms with E-state index < -0.39 is 31.8 Å². The molecular formula is C6H16N2O4S. The van der Waals surface area contributed by atoms with Gasteiger partial charge in [-0.15, -0.1) is 12.6 Å². The number of aliphatic hydroxyl groups is 4. The quantitative estimate of drug-likeness (QED) is 0.161. The number of aliphatic hydroxyl groups excluding tert-OH is 4. The second-order valence-corrected chi connectivity index (χ2v) is 3.00. The maximum absolute atomic E-state index is 8.50. The van der Waals surface area contributed by atoms with Crippen LogP contribution in [-0.4, -0.2) is 52.0 Å². The highest BCUT2D eigenvalue weighted by molar-refractivity contribution is 7.96. The van der Waals surface area contributed by atoms with Gasteiger partial charge >= 0.3 is 0 Å². The summed E-state index contributed by atoms with van der Waals surface area (Å²) in [6.45, 7) is -1.62. The topological polar surface area (TPSA) is 131 Å². The lowest BCUT2D eigenvalue weighted by Gasteiger charge is -2.23. The summed E-state index contributed by atoms with van der Waals surface area (Å²) < 4.78 is 0. The molecule has 0 saturated carbocycles. The van der Waals surface area contributed by atoms with Gasteiger partial charge in [-0.25, -0.2) is 0 Å². The molecule has 0 unspecified atom stereocenters. The molecule has 7 heteroatoms. The smallest absolute Gasteiger partial charge is 0.147 e. The summed E-state index contributed by atoms with van der Waals surface area (Å²) in [5.41, 5.74) is 3.45. The third-order valence-corrected chi connectivity index (χ3v) is 1.34. The number of rotatable bonds is 4. The lowest BCUT2D eigenvalue weighted by atomic mass is 9.93.